The summed E-state index contributed by atoms with van der Waals surface area (Å²) in [6, 6.07) is 0. The number of nitrogen functional groups attached to an aromatic ring is 1. The van der Waals surface area contributed by atoms with Gasteiger partial charge < -0.3 is 5.73 Å². The summed E-state index contributed by atoms with van der Waals surface area (Å²) < 4.78 is 24.6. The van der Waals surface area contributed by atoms with Crippen molar-refractivity contribution in [1.82, 2.24) is 14.3 Å². The molecule has 0 radical (unpaired) electrons. The minimum Gasteiger partial charge on any atom is -0.381 e. The van der Waals surface area contributed by atoms with Crippen molar-refractivity contribution in [3.05, 3.63) is 12.4 Å². The standard InChI is InChI=1S/C11H18N4O2S2/c1-19(16,17)15-6-2-3-9(7-15)8-18-11-10(12)13-4-5-14-11/h4-5,9H,2-3,6-8H2,1H3,(H2,12,13). The van der Waals surface area contributed by atoms with E-state index in [2.05, 4.69) is 9.97 Å². The minimum absolute atomic E-state index is 0.342. The van der Waals surface area contributed by atoms with Gasteiger partial charge in [0.25, 0.3) is 0 Å². The van der Waals surface area contributed by atoms with Gasteiger partial charge in [-0.2, -0.15) is 0 Å². The molecule has 0 aromatic carbocycles. The average molecular weight is 302 g/mol. The summed E-state index contributed by atoms with van der Waals surface area (Å²) in [5.41, 5.74) is 5.73. The van der Waals surface area contributed by atoms with Crippen LogP contribution in [-0.4, -0.2) is 47.8 Å². The van der Waals surface area contributed by atoms with Crippen molar-refractivity contribution in [1.29, 1.82) is 0 Å². The fourth-order valence-corrected chi connectivity index (χ4v) is 4.05. The quantitative estimate of drug-likeness (QED) is 0.828. The highest BCUT2D eigenvalue weighted by atomic mass is 32.2. The molecule has 1 atom stereocenters. The Morgan fingerprint density at radius 3 is 2.89 bits per heavy atom. The second kappa shape index (κ2) is 6.06. The van der Waals surface area contributed by atoms with Crippen LogP contribution in [0.1, 0.15) is 12.8 Å². The molecule has 1 aliphatic heterocycles. The van der Waals surface area contributed by atoms with Crippen LogP contribution in [0.2, 0.25) is 0 Å². The zero-order chi connectivity index (χ0) is 13.9. The van der Waals surface area contributed by atoms with Crippen LogP contribution in [-0.2, 0) is 10.0 Å². The van der Waals surface area contributed by atoms with E-state index in [-0.39, 0.29) is 0 Å². The number of anilines is 1. The SMILES string of the molecule is CS(=O)(=O)N1CCCC(CSc2nccnc2N)C1. The van der Waals surface area contributed by atoms with Crippen molar-refractivity contribution in [2.45, 2.75) is 17.9 Å². The molecule has 0 saturated carbocycles. The number of nitrogens with two attached hydrogens (primary N) is 1. The van der Waals surface area contributed by atoms with Gasteiger partial charge in [0.1, 0.15) is 5.03 Å². The number of hydrogen-bond donors (Lipinski definition) is 1. The molecule has 0 aliphatic carbocycles. The predicted molar refractivity (Wildman–Crippen MR) is 76.3 cm³/mol. The maximum absolute atomic E-state index is 11.5. The zero-order valence-corrected chi connectivity index (χ0v) is 12.5. The van der Waals surface area contributed by atoms with Gasteiger partial charge in [-0.1, -0.05) is 0 Å². The molecule has 2 heterocycles. The van der Waals surface area contributed by atoms with Crippen LogP contribution in [0.15, 0.2) is 17.4 Å². The van der Waals surface area contributed by atoms with Crippen LogP contribution in [0, 0.1) is 5.92 Å². The first kappa shape index (κ1) is 14.5. The number of thioether (sulfide) groups is 1. The summed E-state index contributed by atoms with van der Waals surface area (Å²) in [6.45, 7) is 1.22. The summed E-state index contributed by atoms with van der Waals surface area (Å²) in [6.07, 6.45) is 6.39. The fraction of sp³-hybridized carbons (Fsp3) is 0.636. The molecule has 1 aromatic heterocycles. The first-order valence-corrected chi connectivity index (χ1v) is 8.94. The van der Waals surface area contributed by atoms with Crippen molar-refractivity contribution >= 4 is 27.6 Å². The van der Waals surface area contributed by atoms with E-state index in [0.717, 1.165) is 23.6 Å². The van der Waals surface area contributed by atoms with Crippen molar-refractivity contribution in [3.63, 3.8) is 0 Å². The highest BCUT2D eigenvalue weighted by Gasteiger charge is 2.26. The molecule has 1 aromatic rings. The Kier molecular flexibility index (Phi) is 4.64. The third-order valence-electron chi connectivity index (χ3n) is 3.10. The molecule has 0 bridgehead atoms. The van der Waals surface area contributed by atoms with Crippen LogP contribution < -0.4 is 5.73 Å². The van der Waals surface area contributed by atoms with Gasteiger partial charge in [-0.15, -0.1) is 11.8 Å². The number of nitrogens with zero attached hydrogens (tertiary/aromatic N) is 3. The molecule has 1 fully saturated rings. The number of aromatic nitrogens is 2. The third kappa shape index (κ3) is 4.05. The Morgan fingerprint density at radius 1 is 1.47 bits per heavy atom. The van der Waals surface area contributed by atoms with E-state index >= 15 is 0 Å². The van der Waals surface area contributed by atoms with Crippen molar-refractivity contribution in [3.8, 4) is 0 Å². The number of sulfonamides is 1. The Labute approximate surface area is 117 Å². The largest absolute Gasteiger partial charge is 0.381 e. The maximum atomic E-state index is 11.5. The topological polar surface area (TPSA) is 89.2 Å². The first-order chi connectivity index (χ1) is 8.97. The summed E-state index contributed by atoms with van der Waals surface area (Å²) in [5.74, 6) is 1.59. The monoisotopic (exact) mass is 302 g/mol. The van der Waals surface area contributed by atoms with Gasteiger partial charge in [-0.05, 0) is 18.8 Å². The molecule has 1 aliphatic rings. The molecule has 0 spiro atoms. The predicted octanol–water partition coefficient (Wildman–Crippen LogP) is 0.823. The van der Waals surface area contributed by atoms with Crippen LogP contribution in [0.3, 0.4) is 0 Å². The van der Waals surface area contributed by atoms with Gasteiger partial charge >= 0.3 is 0 Å². The maximum Gasteiger partial charge on any atom is 0.211 e. The Bertz CT molecular complexity index is 535. The normalized spacial score (nSPS) is 21.4. The lowest BCUT2D eigenvalue weighted by molar-refractivity contribution is 0.286. The summed E-state index contributed by atoms with van der Waals surface area (Å²) in [7, 11) is -3.08. The first-order valence-electron chi connectivity index (χ1n) is 6.11. The van der Waals surface area contributed by atoms with E-state index in [4.69, 9.17) is 5.73 Å². The van der Waals surface area contributed by atoms with Gasteiger partial charge in [0.05, 0.1) is 6.26 Å². The number of rotatable bonds is 4. The summed E-state index contributed by atoms with van der Waals surface area (Å²) in [5, 5.41) is 0.721. The smallest absolute Gasteiger partial charge is 0.211 e. The number of piperidine rings is 1. The van der Waals surface area contributed by atoms with Gasteiger partial charge in [-0.3, -0.25) is 0 Å². The lowest BCUT2D eigenvalue weighted by atomic mass is 10.0. The van der Waals surface area contributed by atoms with Gasteiger partial charge in [0.15, 0.2) is 5.82 Å². The second-order valence-corrected chi connectivity index (χ2v) is 7.68. The molecule has 19 heavy (non-hydrogen) atoms. The summed E-state index contributed by atoms with van der Waals surface area (Å²) >= 11 is 1.55. The van der Waals surface area contributed by atoms with E-state index in [1.54, 1.807) is 28.5 Å². The van der Waals surface area contributed by atoms with E-state index in [9.17, 15) is 8.42 Å². The molecule has 2 N–H and O–H groups in total. The Hall–Kier alpha value is -0.860. The van der Waals surface area contributed by atoms with Crippen molar-refractivity contribution < 1.29 is 8.42 Å². The van der Waals surface area contributed by atoms with E-state index in [0.29, 0.717) is 24.8 Å². The molecular formula is C11H18N4O2S2. The van der Waals surface area contributed by atoms with Gasteiger partial charge in [0.2, 0.25) is 10.0 Å². The zero-order valence-electron chi connectivity index (χ0n) is 10.8. The third-order valence-corrected chi connectivity index (χ3v) is 5.59. The van der Waals surface area contributed by atoms with Crippen molar-refractivity contribution in [2.24, 2.45) is 5.92 Å². The second-order valence-electron chi connectivity index (χ2n) is 4.69. The van der Waals surface area contributed by atoms with Crippen LogP contribution in [0.5, 0.6) is 0 Å². The summed E-state index contributed by atoms with van der Waals surface area (Å²) in [4.78, 5) is 8.16. The van der Waals surface area contributed by atoms with Gasteiger partial charge in [0, 0.05) is 31.2 Å². The molecule has 0 amide bonds. The van der Waals surface area contributed by atoms with Crippen LogP contribution in [0.25, 0.3) is 0 Å². The van der Waals surface area contributed by atoms with Crippen molar-refractivity contribution in [2.75, 3.05) is 30.8 Å². The van der Waals surface area contributed by atoms with Crippen LogP contribution >= 0.6 is 11.8 Å². The molecule has 106 valence electrons. The molecular weight excluding hydrogens is 284 g/mol. The van der Waals surface area contributed by atoms with Crippen LogP contribution in [0.4, 0.5) is 5.82 Å². The molecule has 1 unspecified atom stereocenters. The highest BCUT2D eigenvalue weighted by molar-refractivity contribution is 7.99. The molecule has 8 heteroatoms. The van der Waals surface area contributed by atoms with E-state index < -0.39 is 10.0 Å². The molecule has 1 saturated heterocycles. The lowest BCUT2D eigenvalue weighted by Crippen LogP contribution is -2.39. The number of hydrogen-bond acceptors (Lipinski definition) is 6. The lowest BCUT2D eigenvalue weighted by Gasteiger charge is -2.30. The minimum atomic E-state index is -3.08. The fourth-order valence-electron chi connectivity index (χ4n) is 2.11. The molecule has 2 rings (SSSR count). The van der Waals surface area contributed by atoms with E-state index in [1.165, 1.54) is 6.26 Å². The highest BCUT2D eigenvalue weighted by Crippen LogP contribution is 2.27. The Morgan fingerprint density at radius 2 is 2.21 bits per heavy atom. The Balaban J connectivity index is 1.92. The average Bonchev–Trinajstić information content (AvgIpc) is 2.37. The molecule has 6 nitrogen and oxygen atoms in total. The van der Waals surface area contributed by atoms with E-state index in [1.807, 2.05) is 0 Å². The van der Waals surface area contributed by atoms with Gasteiger partial charge in [-0.25, -0.2) is 22.7 Å².